The number of aliphatic hydroxyl groups is 1. The zero-order valence-corrected chi connectivity index (χ0v) is 13.5. The number of hydrogen-bond donors (Lipinski definition) is 1. The molecule has 106 valence electrons. The van der Waals surface area contributed by atoms with Crippen molar-refractivity contribution < 1.29 is 5.11 Å². The number of anilines is 1. The van der Waals surface area contributed by atoms with Gasteiger partial charge in [0.2, 0.25) is 0 Å². The summed E-state index contributed by atoms with van der Waals surface area (Å²) in [6.45, 7) is 2.85. The Labute approximate surface area is 129 Å². The van der Waals surface area contributed by atoms with E-state index in [0.717, 1.165) is 28.7 Å². The highest BCUT2D eigenvalue weighted by Crippen LogP contribution is 2.21. The number of nitrogens with zero attached hydrogens (tertiary/aromatic N) is 1. The van der Waals surface area contributed by atoms with Gasteiger partial charge in [0, 0.05) is 23.8 Å². The molecule has 0 heterocycles. The van der Waals surface area contributed by atoms with Crippen molar-refractivity contribution in [3.8, 4) is 0 Å². The molecule has 2 nitrogen and oxygen atoms in total. The Morgan fingerprint density at radius 2 is 1.65 bits per heavy atom. The Kier molecular flexibility index (Phi) is 5.21. The molecule has 0 spiro atoms. The third-order valence-corrected chi connectivity index (χ3v) is 3.97. The van der Waals surface area contributed by atoms with Gasteiger partial charge in [-0.15, -0.1) is 0 Å². The maximum absolute atomic E-state index is 9.80. The molecule has 0 aliphatic carbocycles. The third kappa shape index (κ3) is 3.84. The summed E-state index contributed by atoms with van der Waals surface area (Å²) in [5.41, 5.74) is 3.40. The molecule has 0 aliphatic rings. The Morgan fingerprint density at radius 3 is 2.20 bits per heavy atom. The van der Waals surface area contributed by atoms with Crippen molar-refractivity contribution in [1.82, 2.24) is 0 Å². The minimum Gasteiger partial charge on any atom is -0.388 e. The first kappa shape index (κ1) is 15.1. The summed E-state index contributed by atoms with van der Waals surface area (Å²) >= 11 is 3.45. The predicted molar refractivity (Wildman–Crippen MR) is 87.9 cm³/mol. The molecule has 20 heavy (non-hydrogen) atoms. The molecule has 0 saturated carbocycles. The van der Waals surface area contributed by atoms with Gasteiger partial charge < -0.3 is 10.0 Å². The molecule has 3 heteroatoms. The molecule has 1 atom stereocenters. The highest BCUT2D eigenvalue weighted by molar-refractivity contribution is 9.10. The van der Waals surface area contributed by atoms with E-state index in [4.69, 9.17) is 0 Å². The number of rotatable bonds is 5. The summed E-state index contributed by atoms with van der Waals surface area (Å²) in [7, 11) is 2.08. The Bertz CT molecular complexity index is 536. The monoisotopic (exact) mass is 333 g/mol. The lowest BCUT2D eigenvalue weighted by Gasteiger charge is -2.20. The molecule has 1 N–H and O–H groups in total. The maximum atomic E-state index is 9.80. The van der Waals surface area contributed by atoms with Gasteiger partial charge in [0.05, 0.1) is 6.10 Å². The number of aliphatic hydroxyl groups excluding tert-OH is 1. The second-order valence-corrected chi connectivity index (χ2v) is 5.91. The second kappa shape index (κ2) is 6.91. The molecule has 2 aromatic rings. The standard InChI is InChI=1S/C17H20BrNO/c1-3-17(20)14-6-10-16(11-7-14)19(2)12-13-4-8-15(18)9-5-13/h4-11,17,20H,3,12H2,1-2H3/t17-/m0/s1. The van der Waals surface area contributed by atoms with Crippen LogP contribution in [0.4, 0.5) is 5.69 Å². The van der Waals surface area contributed by atoms with E-state index in [-0.39, 0.29) is 6.10 Å². The molecule has 0 saturated heterocycles. The van der Waals surface area contributed by atoms with Gasteiger partial charge in [0.25, 0.3) is 0 Å². The zero-order valence-electron chi connectivity index (χ0n) is 11.9. The summed E-state index contributed by atoms with van der Waals surface area (Å²) < 4.78 is 1.10. The van der Waals surface area contributed by atoms with E-state index in [9.17, 15) is 5.11 Å². The van der Waals surface area contributed by atoms with Crippen LogP contribution in [0.3, 0.4) is 0 Å². The van der Waals surface area contributed by atoms with Crippen molar-refractivity contribution in [2.75, 3.05) is 11.9 Å². The van der Waals surface area contributed by atoms with Crippen LogP contribution in [-0.4, -0.2) is 12.2 Å². The SMILES string of the molecule is CC[C@H](O)c1ccc(N(C)Cc2ccc(Br)cc2)cc1. The fourth-order valence-corrected chi connectivity index (χ4v) is 2.41. The van der Waals surface area contributed by atoms with Crippen LogP contribution in [0.25, 0.3) is 0 Å². The van der Waals surface area contributed by atoms with E-state index >= 15 is 0 Å². The van der Waals surface area contributed by atoms with Gasteiger partial charge in [0.1, 0.15) is 0 Å². The van der Waals surface area contributed by atoms with Crippen molar-refractivity contribution in [3.63, 3.8) is 0 Å². The van der Waals surface area contributed by atoms with Gasteiger partial charge in [0.15, 0.2) is 0 Å². The van der Waals surface area contributed by atoms with Crippen molar-refractivity contribution in [1.29, 1.82) is 0 Å². The topological polar surface area (TPSA) is 23.5 Å². The Balaban J connectivity index is 2.05. The molecule has 2 rings (SSSR count). The summed E-state index contributed by atoms with van der Waals surface area (Å²) in [6.07, 6.45) is 0.384. The lowest BCUT2D eigenvalue weighted by Crippen LogP contribution is -2.16. The van der Waals surface area contributed by atoms with Crippen LogP contribution in [0, 0.1) is 0 Å². The summed E-state index contributed by atoms with van der Waals surface area (Å²) in [5.74, 6) is 0. The number of hydrogen-bond acceptors (Lipinski definition) is 2. The molecular weight excluding hydrogens is 314 g/mol. The van der Waals surface area contributed by atoms with Crippen molar-refractivity contribution in [3.05, 3.63) is 64.1 Å². The minimum absolute atomic E-state index is 0.360. The van der Waals surface area contributed by atoms with Crippen LogP contribution in [0.1, 0.15) is 30.6 Å². The molecule has 0 fully saturated rings. The van der Waals surface area contributed by atoms with E-state index in [1.165, 1.54) is 5.56 Å². The summed E-state index contributed by atoms with van der Waals surface area (Å²) in [6, 6.07) is 16.5. The largest absolute Gasteiger partial charge is 0.388 e. The maximum Gasteiger partial charge on any atom is 0.0787 e. The fourth-order valence-electron chi connectivity index (χ4n) is 2.14. The second-order valence-electron chi connectivity index (χ2n) is 5.00. The third-order valence-electron chi connectivity index (χ3n) is 3.44. The fraction of sp³-hybridized carbons (Fsp3) is 0.294. The first-order valence-electron chi connectivity index (χ1n) is 6.83. The normalized spacial score (nSPS) is 12.2. The number of halogens is 1. The van der Waals surface area contributed by atoms with Crippen molar-refractivity contribution in [2.45, 2.75) is 26.0 Å². The van der Waals surface area contributed by atoms with Crippen LogP contribution < -0.4 is 4.90 Å². The van der Waals surface area contributed by atoms with Crippen LogP contribution in [-0.2, 0) is 6.54 Å². The molecular formula is C17H20BrNO. The van der Waals surface area contributed by atoms with Gasteiger partial charge in [-0.25, -0.2) is 0 Å². The average Bonchev–Trinajstić information content (AvgIpc) is 2.49. The molecule has 0 amide bonds. The van der Waals surface area contributed by atoms with Crippen LogP contribution in [0.2, 0.25) is 0 Å². The number of benzene rings is 2. The highest BCUT2D eigenvalue weighted by atomic mass is 79.9. The van der Waals surface area contributed by atoms with E-state index < -0.39 is 0 Å². The van der Waals surface area contributed by atoms with Gasteiger partial charge in [-0.05, 0) is 41.8 Å². The lowest BCUT2D eigenvalue weighted by atomic mass is 10.1. The van der Waals surface area contributed by atoms with E-state index in [1.54, 1.807) is 0 Å². The van der Waals surface area contributed by atoms with Gasteiger partial charge in [-0.2, -0.15) is 0 Å². The molecule has 0 bridgehead atoms. The lowest BCUT2D eigenvalue weighted by molar-refractivity contribution is 0.173. The minimum atomic E-state index is -0.360. The molecule has 0 aliphatic heterocycles. The van der Waals surface area contributed by atoms with Gasteiger partial charge in [-0.3, -0.25) is 0 Å². The first-order valence-corrected chi connectivity index (χ1v) is 7.63. The van der Waals surface area contributed by atoms with E-state index in [0.29, 0.717) is 0 Å². The van der Waals surface area contributed by atoms with E-state index in [2.05, 4.69) is 64.3 Å². The summed E-state index contributed by atoms with van der Waals surface area (Å²) in [5, 5.41) is 9.80. The van der Waals surface area contributed by atoms with Crippen molar-refractivity contribution >= 4 is 21.6 Å². The van der Waals surface area contributed by atoms with Crippen molar-refractivity contribution in [2.24, 2.45) is 0 Å². The quantitative estimate of drug-likeness (QED) is 0.868. The molecule has 0 aromatic heterocycles. The summed E-state index contributed by atoms with van der Waals surface area (Å²) in [4.78, 5) is 2.20. The molecule has 2 aromatic carbocycles. The molecule has 0 unspecified atom stereocenters. The zero-order chi connectivity index (χ0) is 14.5. The average molecular weight is 334 g/mol. The van der Waals surface area contributed by atoms with Crippen LogP contribution in [0.15, 0.2) is 53.0 Å². The Morgan fingerprint density at radius 1 is 1.05 bits per heavy atom. The van der Waals surface area contributed by atoms with Gasteiger partial charge >= 0.3 is 0 Å². The van der Waals surface area contributed by atoms with E-state index in [1.807, 2.05) is 19.1 Å². The van der Waals surface area contributed by atoms with Crippen LogP contribution in [0.5, 0.6) is 0 Å². The first-order chi connectivity index (χ1) is 9.60. The highest BCUT2D eigenvalue weighted by Gasteiger charge is 2.06. The smallest absolute Gasteiger partial charge is 0.0787 e. The Hall–Kier alpha value is -1.32. The van der Waals surface area contributed by atoms with Gasteiger partial charge in [-0.1, -0.05) is 47.1 Å². The van der Waals surface area contributed by atoms with Crippen LogP contribution >= 0.6 is 15.9 Å². The molecule has 0 radical (unpaired) electrons. The predicted octanol–water partition coefficient (Wildman–Crippen LogP) is 4.53.